The Morgan fingerprint density at radius 1 is 0.844 bits per heavy atom. The molecule has 4 aliphatic heterocycles. The van der Waals surface area contributed by atoms with Gasteiger partial charge in [-0.3, -0.25) is 0 Å². The minimum absolute atomic E-state index is 0.000376. The molecule has 2 aromatic rings. The Morgan fingerprint density at radius 3 is 1.97 bits per heavy atom. The Kier molecular flexibility index (Phi) is 4.89. The molecular weight excluding hydrogens is 398 g/mol. The number of phenols is 1. The maximum Gasteiger partial charge on any atom is 0.124 e. The van der Waals surface area contributed by atoms with E-state index in [1.54, 1.807) is 0 Å². The van der Waals surface area contributed by atoms with E-state index >= 15 is 0 Å². The van der Waals surface area contributed by atoms with Crippen molar-refractivity contribution in [2.45, 2.75) is 70.6 Å². The summed E-state index contributed by atoms with van der Waals surface area (Å²) in [5, 5.41) is 15.1. The second-order valence-electron chi connectivity index (χ2n) is 10.0. The van der Waals surface area contributed by atoms with Crippen molar-refractivity contribution in [3.8, 4) is 5.75 Å². The molecule has 6 rings (SSSR count). The van der Waals surface area contributed by atoms with Crippen LogP contribution >= 0.6 is 0 Å². The van der Waals surface area contributed by atoms with Crippen LogP contribution in [0.15, 0.2) is 17.3 Å². The largest absolute Gasteiger partial charge is 0.507 e. The van der Waals surface area contributed by atoms with Crippen molar-refractivity contribution in [1.82, 2.24) is 0 Å². The summed E-state index contributed by atoms with van der Waals surface area (Å²) < 4.78 is 0. The first-order chi connectivity index (χ1) is 15.7. The fourth-order valence-electron chi connectivity index (χ4n) is 6.98. The van der Waals surface area contributed by atoms with Crippen LogP contribution < -0.4 is 9.80 Å². The Morgan fingerprint density at radius 2 is 1.38 bits per heavy atom. The first-order valence-corrected chi connectivity index (χ1v) is 12.6. The smallest absolute Gasteiger partial charge is 0.124 e. The van der Waals surface area contributed by atoms with Crippen LogP contribution in [0.1, 0.15) is 78.3 Å². The monoisotopic (exact) mass is 431 g/mol. The third-order valence-corrected chi connectivity index (χ3v) is 8.30. The van der Waals surface area contributed by atoms with Crippen molar-refractivity contribution in [2.75, 3.05) is 36.0 Å². The molecule has 0 saturated heterocycles. The molecule has 0 fully saturated rings. The molecule has 0 aromatic heterocycles. The molecule has 5 nitrogen and oxygen atoms in total. The van der Waals surface area contributed by atoms with E-state index in [1.165, 1.54) is 35.3 Å². The zero-order chi connectivity index (χ0) is 21.8. The number of nitrogens with zero attached hydrogens (tertiary/aromatic N) is 3. The number of hydrogen-bond acceptors (Lipinski definition) is 5. The minimum atomic E-state index is 0.000376. The van der Waals surface area contributed by atoms with E-state index in [0.29, 0.717) is 11.4 Å². The Bertz CT molecular complexity index is 1090. The number of aryl methyl sites for hydroxylation is 2. The molecule has 0 spiro atoms. The van der Waals surface area contributed by atoms with Crippen molar-refractivity contribution >= 4 is 17.1 Å². The first-order valence-electron chi connectivity index (χ1n) is 12.6. The molecule has 4 heterocycles. The zero-order valence-corrected chi connectivity index (χ0v) is 19.1. The Balaban J connectivity index is 1.54. The second-order valence-corrected chi connectivity index (χ2v) is 10.0. The predicted octanol–water partition coefficient (Wildman–Crippen LogP) is 5.73. The fraction of sp³-hybridized carbons (Fsp3) is 0.556. The number of aromatic hydroxyl groups is 1. The lowest BCUT2D eigenvalue weighted by Gasteiger charge is -2.39. The third-order valence-electron chi connectivity index (χ3n) is 8.30. The lowest BCUT2D eigenvalue weighted by atomic mass is 9.79. The van der Waals surface area contributed by atoms with Crippen LogP contribution in [0, 0.1) is 4.91 Å². The fourth-order valence-corrected chi connectivity index (χ4v) is 6.98. The van der Waals surface area contributed by atoms with Gasteiger partial charge in [-0.25, -0.2) is 0 Å². The first kappa shape index (κ1) is 20.1. The van der Waals surface area contributed by atoms with Gasteiger partial charge in [-0.1, -0.05) is 13.0 Å². The number of phenolic OH excluding ortho intramolecular Hbond substituents is 1. The summed E-state index contributed by atoms with van der Waals surface area (Å²) in [6.45, 7) is 6.54. The van der Waals surface area contributed by atoms with Crippen LogP contribution in [0.2, 0.25) is 0 Å². The van der Waals surface area contributed by atoms with E-state index in [4.69, 9.17) is 0 Å². The molecular formula is C27H33N3O2. The SMILES string of the molecule is CCC(c1cc2c3c(c1O)CCCN3CCC2)c1cc2c3c(c1N=O)CCCN3CCC2. The summed E-state index contributed by atoms with van der Waals surface area (Å²) in [4.78, 5) is 17.2. The molecule has 0 amide bonds. The van der Waals surface area contributed by atoms with Gasteiger partial charge in [0.15, 0.2) is 0 Å². The lowest BCUT2D eigenvalue weighted by molar-refractivity contribution is 0.451. The van der Waals surface area contributed by atoms with Gasteiger partial charge in [0.2, 0.25) is 0 Å². The summed E-state index contributed by atoms with van der Waals surface area (Å²) in [6.07, 6.45) is 9.38. The number of nitroso groups, excluding NO2 is 1. The van der Waals surface area contributed by atoms with Gasteiger partial charge >= 0.3 is 0 Å². The van der Waals surface area contributed by atoms with E-state index in [2.05, 4.69) is 34.0 Å². The zero-order valence-electron chi connectivity index (χ0n) is 19.1. The van der Waals surface area contributed by atoms with E-state index in [9.17, 15) is 10.0 Å². The quantitative estimate of drug-likeness (QED) is 0.628. The lowest BCUT2D eigenvalue weighted by Crippen LogP contribution is -2.35. The molecule has 0 aliphatic carbocycles. The summed E-state index contributed by atoms with van der Waals surface area (Å²) in [7, 11) is 0. The topological polar surface area (TPSA) is 56.1 Å². The second kappa shape index (κ2) is 7.79. The maximum atomic E-state index is 12.2. The van der Waals surface area contributed by atoms with Crippen LogP contribution in [0.3, 0.4) is 0 Å². The van der Waals surface area contributed by atoms with Crippen molar-refractivity contribution in [2.24, 2.45) is 5.18 Å². The number of rotatable bonds is 4. The highest BCUT2D eigenvalue weighted by Crippen LogP contribution is 2.50. The van der Waals surface area contributed by atoms with Crippen molar-refractivity contribution in [3.63, 3.8) is 0 Å². The normalized spacial score (nSPS) is 19.9. The molecule has 1 N–H and O–H groups in total. The van der Waals surface area contributed by atoms with Crippen LogP contribution in [-0.2, 0) is 25.7 Å². The predicted molar refractivity (Wildman–Crippen MR) is 130 cm³/mol. The summed E-state index contributed by atoms with van der Waals surface area (Å²) in [5.41, 5.74) is 10.3. The van der Waals surface area contributed by atoms with Gasteiger partial charge in [-0.15, -0.1) is 4.91 Å². The van der Waals surface area contributed by atoms with Crippen LogP contribution in [0.5, 0.6) is 5.75 Å². The molecule has 0 radical (unpaired) electrons. The molecule has 32 heavy (non-hydrogen) atoms. The van der Waals surface area contributed by atoms with Gasteiger partial charge in [0, 0.05) is 60.2 Å². The molecule has 4 aliphatic rings. The molecule has 168 valence electrons. The van der Waals surface area contributed by atoms with Gasteiger partial charge < -0.3 is 14.9 Å². The average Bonchev–Trinajstić information content (AvgIpc) is 2.83. The van der Waals surface area contributed by atoms with Gasteiger partial charge in [-0.05, 0) is 85.7 Å². The van der Waals surface area contributed by atoms with Gasteiger partial charge in [-0.2, -0.15) is 0 Å². The Hall–Kier alpha value is -2.56. The van der Waals surface area contributed by atoms with Crippen LogP contribution in [0.25, 0.3) is 0 Å². The molecule has 0 bridgehead atoms. The molecule has 1 unspecified atom stereocenters. The van der Waals surface area contributed by atoms with E-state index < -0.39 is 0 Å². The maximum absolute atomic E-state index is 12.2. The number of hydrogen-bond donors (Lipinski definition) is 1. The summed E-state index contributed by atoms with van der Waals surface area (Å²) in [5.74, 6) is 0.465. The standard InChI is InChI=1S/C27H33N3O2/c1-2-19(23-16-18-8-4-12-30-14-6-10-21(26(18)30)27(23)31)22-15-17-7-3-11-29-13-5-9-20(25(17)29)24(22)28-32/h15-16,19,31H,2-14H2,1H3. The molecule has 5 heteroatoms. The highest BCUT2D eigenvalue weighted by Gasteiger charge is 2.33. The molecule has 0 saturated carbocycles. The van der Waals surface area contributed by atoms with Gasteiger partial charge in [0.1, 0.15) is 11.4 Å². The van der Waals surface area contributed by atoms with Gasteiger partial charge in [0.05, 0.1) is 0 Å². The summed E-state index contributed by atoms with van der Waals surface area (Å²) in [6, 6.07) is 4.52. The third kappa shape index (κ3) is 2.89. The number of benzene rings is 2. The van der Waals surface area contributed by atoms with Gasteiger partial charge in [0.25, 0.3) is 0 Å². The van der Waals surface area contributed by atoms with Crippen molar-refractivity contribution < 1.29 is 5.11 Å². The Labute approximate surface area is 190 Å². The molecule has 1 atom stereocenters. The highest BCUT2D eigenvalue weighted by molar-refractivity contribution is 5.76. The molecule has 2 aromatic carbocycles. The van der Waals surface area contributed by atoms with E-state index in [-0.39, 0.29) is 5.92 Å². The average molecular weight is 432 g/mol. The van der Waals surface area contributed by atoms with Crippen LogP contribution in [-0.4, -0.2) is 31.3 Å². The number of anilines is 2. The van der Waals surface area contributed by atoms with E-state index in [0.717, 1.165) is 93.4 Å². The minimum Gasteiger partial charge on any atom is -0.507 e. The van der Waals surface area contributed by atoms with E-state index in [1.807, 2.05) is 0 Å². The van der Waals surface area contributed by atoms with Crippen molar-refractivity contribution in [3.05, 3.63) is 50.4 Å². The highest BCUT2D eigenvalue weighted by atomic mass is 16.3. The van der Waals surface area contributed by atoms with Crippen molar-refractivity contribution in [1.29, 1.82) is 0 Å². The summed E-state index contributed by atoms with van der Waals surface area (Å²) >= 11 is 0. The van der Waals surface area contributed by atoms with Crippen LogP contribution in [0.4, 0.5) is 17.1 Å².